The Morgan fingerprint density at radius 2 is 2.10 bits per heavy atom. The third-order valence-electron chi connectivity index (χ3n) is 2.92. The maximum absolute atomic E-state index is 12.0. The number of hydrogen-bond acceptors (Lipinski definition) is 7. The van der Waals surface area contributed by atoms with Crippen LogP contribution in [-0.2, 0) is 9.84 Å². The maximum Gasteiger partial charge on any atom is 0.182 e. The van der Waals surface area contributed by atoms with Crippen molar-refractivity contribution in [2.75, 3.05) is 30.5 Å². The molecule has 0 amide bonds. The van der Waals surface area contributed by atoms with Gasteiger partial charge < -0.3 is 10.6 Å². The molecule has 0 aliphatic carbocycles. The number of hydrogen-bond donors (Lipinski definition) is 1. The van der Waals surface area contributed by atoms with E-state index < -0.39 is 9.84 Å². The molecule has 0 fully saturated rings. The summed E-state index contributed by atoms with van der Waals surface area (Å²) in [4.78, 5) is 9.82. The number of anilines is 2. The number of nitrogen functional groups attached to an aromatic ring is 1. The van der Waals surface area contributed by atoms with Crippen molar-refractivity contribution in [1.29, 1.82) is 0 Å². The zero-order valence-corrected chi connectivity index (χ0v) is 13.0. The quantitative estimate of drug-likeness (QED) is 0.856. The van der Waals surface area contributed by atoms with Gasteiger partial charge in [-0.1, -0.05) is 6.92 Å². The van der Waals surface area contributed by atoms with Crippen LogP contribution >= 0.6 is 0 Å². The van der Waals surface area contributed by atoms with E-state index in [1.807, 2.05) is 6.92 Å². The van der Waals surface area contributed by atoms with Crippen LogP contribution in [0.15, 0.2) is 23.5 Å². The summed E-state index contributed by atoms with van der Waals surface area (Å²) in [6, 6.07) is 0. The Kier molecular flexibility index (Phi) is 4.12. The van der Waals surface area contributed by atoms with E-state index >= 15 is 0 Å². The Balaban J connectivity index is 2.66. The first-order valence-electron chi connectivity index (χ1n) is 6.42. The highest BCUT2D eigenvalue weighted by molar-refractivity contribution is 7.91. The van der Waals surface area contributed by atoms with Gasteiger partial charge in [0.2, 0.25) is 0 Å². The van der Waals surface area contributed by atoms with E-state index in [2.05, 4.69) is 15.1 Å². The van der Waals surface area contributed by atoms with Gasteiger partial charge in [-0.25, -0.2) is 13.4 Å². The van der Waals surface area contributed by atoms with Gasteiger partial charge in [0.1, 0.15) is 5.82 Å². The molecule has 2 heterocycles. The minimum absolute atomic E-state index is 0.0177. The van der Waals surface area contributed by atoms with Crippen LogP contribution in [-0.4, -0.2) is 48.0 Å². The lowest BCUT2D eigenvalue weighted by Gasteiger charge is -2.16. The molecule has 0 saturated carbocycles. The third-order valence-corrected chi connectivity index (χ3v) is 4.05. The number of aromatic nitrogens is 4. The van der Waals surface area contributed by atoms with Crippen molar-refractivity contribution in [3.8, 4) is 5.82 Å². The topological polar surface area (TPSA) is 107 Å². The molecule has 2 N–H and O–H groups in total. The molecule has 114 valence electrons. The number of nitrogens with zero attached hydrogens (tertiary/aromatic N) is 5. The number of sulfone groups is 1. The molecule has 0 aromatic carbocycles. The standard InChI is InChI=1S/C12H18N6O2S/c1-4-7-17(2)12-10(21(3,19)20)11(13)18(16-12)9-8-14-5-6-15-9/h5-6,8H,4,7,13H2,1-3H3. The Hall–Kier alpha value is -2.16. The molecule has 2 rings (SSSR count). The van der Waals surface area contributed by atoms with Gasteiger partial charge in [0, 0.05) is 32.2 Å². The van der Waals surface area contributed by atoms with Crippen molar-refractivity contribution in [2.45, 2.75) is 18.2 Å². The minimum Gasteiger partial charge on any atom is -0.382 e. The van der Waals surface area contributed by atoms with Crippen molar-refractivity contribution >= 4 is 21.5 Å². The first-order valence-corrected chi connectivity index (χ1v) is 8.31. The van der Waals surface area contributed by atoms with Crippen LogP contribution in [0.5, 0.6) is 0 Å². The largest absolute Gasteiger partial charge is 0.382 e. The predicted octanol–water partition coefficient (Wildman–Crippen LogP) is 0.494. The van der Waals surface area contributed by atoms with Crippen molar-refractivity contribution in [3.63, 3.8) is 0 Å². The van der Waals surface area contributed by atoms with Crippen LogP contribution in [0.4, 0.5) is 11.6 Å². The average Bonchev–Trinajstić information content (AvgIpc) is 2.77. The molecule has 9 heteroatoms. The summed E-state index contributed by atoms with van der Waals surface area (Å²) in [7, 11) is -1.73. The molecule has 2 aromatic rings. The van der Waals surface area contributed by atoms with E-state index in [4.69, 9.17) is 5.73 Å². The third kappa shape index (κ3) is 2.97. The number of nitrogens with two attached hydrogens (primary N) is 1. The lowest BCUT2D eigenvalue weighted by molar-refractivity contribution is 0.602. The fourth-order valence-corrected chi connectivity index (χ4v) is 3.02. The highest BCUT2D eigenvalue weighted by Gasteiger charge is 2.27. The van der Waals surface area contributed by atoms with E-state index in [9.17, 15) is 8.42 Å². The molecule has 0 unspecified atom stereocenters. The van der Waals surface area contributed by atoms with Crippen LogP contribution in [0.3, 0.4) is 0 Å². The zero-order chi connectivity index (χ0) is 15.6. The first-order chi connectivity index (χ1) is 9.86. The molecular formula is C12H18N6O2S. The average molecular weight is 310 g/mol. The minimum atomic E-state index is -3.51. The van der Waals surface area contributed by atoms with Gasteiger partial charge in [0.25, 0.3) is 0 Å². The van der Waals surface area contributed by atoms with Crippen molar-refractivity contribution in [3.05, 3.63) is 18.6 Å². The summed E-state index contributed by atoms with van der Waals surface area (Å²) in [5.41, 5.74) is 5.98. The van der Waals surface area contributed by atoms with Crippen LogP contribution in [0.2, 0.25) is 0 Å². The van der Waals surface area contributed by atoms with Gasteiger partial charge >= 0.3 is 0 Å². The van der Waals surface area contributed by atoms with E-state index in [0.717, 1.165) is 12.7 Å². The normalized spacial score (nSPS) is 11.6. The van der Waals surface area contributed by atoms with Crippen molar-refractivity contribution in [2.24, 2.45) is 0 Å². The summed E-state index contributed by atoms with van der Waals surface area (Å²) in [6.07, 6.45) is 6.46. The van der Waals surface area contributed by atoms with Gasteiger partial charge in [0.05, 0.1) is 6.20 Å². The van der Waals surface area contributed by atoms with Crippen molar-refractivity contribution in [1.82, 2.24) is 19.7 Å². The molecule has 0 saturated heterocycles. The fraction of sp³-hybridized carbons (Fsp3) is 0.417. The second-order valence-corrected chi connectivity index (χ2v) is 6.66. The monoisotopic (exact) mass is 310 g/mol. The van der Waals surface area contributed by atoms with E-state index in [-0.39, 0.29) is 10.7 Å². The zero-order valence-electron chi connectivity index (χ0n) is 12.2. The summed E-state index contributed by atoms with van der Waals surface area (Å²) in [6.45, 7) is 2.67. The fourth-order valence-electron chi connectivity index (χ4n) is 2.03. The van der Waals surface area contributed by atoms with Gasteiger partial charge in [-0.3, -0.25) is 4.98 Å². The Morgan fingerprint density at radius 1 is 1.38 bits per heavy atom. The molecular weight excluding hydrogens is 292 g/mol. The molecule has 0 radical (unpaired) electrons. The van der Waals surface area contributed by atoms with Gasteiger partial charge in [-0.05, 0) is 6.42 Å². The van der Waals surface area contributed by atoms with Crippen LogP contribution in [0.25, 0.3) is 5.82 Å². The highest BCUT2D eigenvalue weighted by Crippen LogP contribution is 2.30. The van der Waals surface area contributed by atoms with Crippen LogP contribution < -0.4 is 10.6 Å². The second kappa shape index (κ2) is 5.68. The first kappa shape index (κ1) is 15.2. The highest BCUT2D eigenvalue weighted by atomic mass is 32.2. The Labute approximate surface area is 123 Å². The smallest absolute Gasteiger partial charge is 0.182 e. The van der Waals surface area contributed by atoms with Gasteiger partial charge in [-0.15, -0.1) is 5.10 Å². The molecule has 0 bridgehead atoms. The van der Waals surface area contributed by atoms with Crippen LogP contribution in [0, 0.1) is 0 Å². The molecule has 0 spiro atoms. The van der Waals surface area contributed by atoms with E-state index in [0.29, 0.717) is 18.2 Å². The van der Waals surface area contributed by atoms with Gasteiger partial charge in [0.15, 0.2) is 26.4 Å². The summed E-state index contributed by atoms with van der Waals surface area (Å²) < 4.78 is 25.4. The molecule has 8 nitrogen and oxygen atoms in total. The van der Waals surface area contributed by atoms with Crippen molar-refractivity contribution < 1.29 is 8.42 Å². The molecule has 0 aliphatic heterocycles. The SMILES string of the molecule is CCCN(C)c1nn(-c2cnccn2)c(N)c1S(C)(=O)=O. The lowest BCUT2D eigenvalue weighted by Crippen LogP contribution is -2.20. The molecule has 0 aliphatic rings. The van der Waals surface area contributed by atoms with Gasteiger partial charge in [-0.2, -0.15) is 4.68 Å². The van der Waals surface area contributed by atoms with E-state index in [1.165, 1.54) is 23.3 Å². The Bertz CT molecular complexity index is 726. The summed E-state index contributed by atoms with van der Waals surface area (Å²) in [5, 5.41) is 4.30. The molecule has 0 atom stereocenters. The van der Waals surface area contributed by atoms with Crippen LogP contribution in [0.1, 0.15) is 13.3 Å². The second-order valence-electron chi connectivity index (χ2n) is 4.71. The van der Waals surface area contributed by atoms with E-state index in [1.54, 1.807) is 11.9 Å². The summed E-state index contributed by atoms with van der Waals surface area (Å²) >= 11 is 0. The Morgan fingerprint density at radius 3 is 2.62 bits per heavy atom. The molecule has 21 heavy (non-hydrogen) atoms. The lowest BCUT2D eigenvalue weighted by atomic mass is 10.4. The summed E-state index contributed by atoms with van der Waals surface area (Å²) in [5.74, 6) is 0.731. The maximum atomic E-state index is 12.0. The predicted molar refractivity (Wildman–Crippen MR) is 80.2 cm³/mol. The molecule has 2 aromatic heterocycles. The number of rotatable bonds is 5.